The molecule has 0 N–H and O–H groups in total. The lowest BCUT2D eigenvalue weighted by atomic mass is 9.91. The molecule has 0 amide bonds. The number of hydrogen-bond acceptors (Lipinski definition) is 2. The standard InChI is InChI=1S/C9H16O2/c1-6(2)7-5-11-8-3-4-10-9(7)8/h6-9H,3-5H2,1-2H3/t7?,8?,9-/m1/s1. The maximum Gasteiger partial charge on any atom is 0.0890 e. The zero-order valence-corrected chi connectivity index (χ0v) is 7.25. The molecular formula is C9H16O2. The quantitative estimate of drug-likeness (QED) is 0.572. The van der Waals surface area contributed by atoms with Crippen molar-refractivity contribution in [3.8, 4) is 0 Å². The van der Waals surface area contributed by atoms with Gasteiger partial charge < -0.3 is 9.47 Å². The Morgan fingerprint density at radius 3 is 2.82 bits per heavy atom. The van der Waals surface area contributed by atoms with Crippen LogP contribution >= 0.6 is 0 Å². The highest BCUT2D eigenvalue weighted by atomic mass is 16.6. The lowest BCUT2D eigenvalue weighted by Gasteiger charge is -2.18. The summed E-state index contributed by atoms with van der Waals surface area (Å²) in [5.74, 6) is 1.34. The van der Waals surface area contributed by atoms with Crippen molar-refractivity contribution in [3.63, 3.8) is 0 Å². The molecule has 0 aromatic carbocycles. The van der Waals surface area contributed by atoms with Crippen LogP contribution in [0.2, 0.25) is 0 Å². The largest absolute Gasteiger partial charge is 0.375 e. The predicted molar refractivity (Wildman–Crippen MR) is 42.4 cm³/mol. The van der Waals surface area contributed by atoms with E-state index in [-0.39, 0.29) is 0 Å². The fourth-order valence-corrected chi connectivity index (χ4v) is 2.07. The molecule has 0 bridgehead atoms. The second-order valence-corrected chi connectivity index (χ2v) is 3.90. The Morgan fingerprint density at radius 1 is 1.27 bits per heavy atom. The molecule has 0 aromatic rings. The highest BCUT2D eigenvalue weighted by Gasteiger charge is 2.42. The first kappa shape index (κ1) is 7.56. The SMILES string of the molecule is CC(C)C1COC2CCO[C@@H]21. The molecule has 2 saturated heterocycles. The van der Waals surface area contributed by atoms with Crippen LogP contribution in [-0.4, -0.2) is 25.4 Å². The van der Waals surface area contributed by atoms with Crippen LogP contribution in [0.4, 0.5) is 0 Å². The van der Waals surface area contributed by atoms with Crippen molar-refractivity contribution in [2.24, 2.45) is 11.8 Å². The van der Waals surface area contributed by atoms with Crippen LogP contribution < -0.4 is 0 Å². The lowest BCUT2D eigenvalue weighted by molar-refractivity contribution is 0.0551. The van der Waals surface area contributed by atoms with E-state index < -0.39 is 0 Å². The van der Waals surface area contributed by atoms with Crippen LogP contribution in [0.15, 0.2) is 0 Å². The molecule has 64 valence electrons. The van der Waals surface area contributed by atoms with Gasteiger partial charge in [0.15, 0.2) is 0 Å². The molecule has 0 aromatic heterocycles. The molecule has 2 fully saturated rings. The van der Waals surface area contributed by atoms with E-state index in [1.807, 2.05) is 0 Å². The number of hydrogen-bond donors (Lipinski definition) is 0. The molecule has 2 nitrogen and oxygen atoms in total. The van der Waals surface area contributed by atoms with Crippen LogP contribution in [0.25, 0.3) is 0 Å². The van der Waals surface area contributed by atoms with E-state index in [9.17, 15) is 0 Å². The first-order valence-electron chi connectivity index (χ1n) is 4.52. The summed E-state index contributed by atoms with van der Waals surface area (Å²) in [5.41, 5.74) is 0. The third kappa shape index (κ3) is 1.18. The summed E-state index contributed by atoms with van der Waals surface area (Å²) in [4.78, 5) is 0. The van der Waals surface area contributed by atoms with Crippen molar-refractivity contribution in [2.75, 3.05) is 13.2 Å². The number of fused-ring (bicyclic) bond motifs is 1. The Balaban J connectivity index is 2.03. The van der Waals surface area contributed by atoms with Gasteiger partial charge in [-0.2, -0.15) is 0 Å². The predicted octanol–water partition coefficient (Wildman–Crippen LogP) is 1.45. The zero-order valence-electron chi connectivity index (χ0n) is 7.25. The maximum atomic E-state index is 5.63. The first-order chi connectivity index (χ1) is 5.29. The molecule has 2 heteroatoms. The van der Waals surface area contributed by atoms with E-state index >= 15 is 0 Å². The van der Waals surface area contributed by atoms with Gasteiger partial charge in [0, 0.05) is 12.5 Å². The summed E-state index contributed by atoms with van der Waals surface area (Å²) in [6, 6.07) is 0. The van der Waals surface area contributed by atoms with E-state index in [0.29, 0.717) is 24.0 Å². The molecule has 2 heterocycles. The molecule has 2 unspecified atom stereocenters. The first-order valence-corrected chi connectivity index (χ1v) is 4.52. The fourth-order valence-electron chi connectivity index (χ4n) is 2.07. The average molecular weight is 156 g/mol. The third-order valence-electron chi connectivity index (χ3n) is 2.86. The molecule has 0 radical (unpaired) electrons. The molecule has 2 rings (SSSR count). The topological polar surface area (TPSA) is 18.5 Å². The lowest BCUT2D eigenvalue weighted by Crippen LogP contribution is -2.26. The smallest absolute Gasteiger partial charge is 0.0890 e. The van der Waals surface area contributed by atoms with Crippen molar-refractivity contribution in [2.45, 2.75) is 32.5 Å². The van der Waals surface area contributed by atoms with Gasteiger partial charge in [-0.05, 0) is 12.3 Å². The van der Waals surface area contributed by atoms with Gasteiger partial charge in [0.25, 0.3) is 0 Å². The van der Waals surface area contributed by atoms with Crippen LogP contribution in [0.3, 0.4) is 0 Å². The maximum absolute atomic E-state index is 5.63. The summed E-state index contributed by atoms with van der Waals surface area (Å²) in [5, 5.41) is 0. The van der Waals surface area contributed by atoms with Crippen molar-refractivity contribution >= 4 is 0 Å². The fraction of sp³-hybridized carbons (Fsp3) is 1.00. The normalized spacial score (nSPS) is 43.4. The summed E-state index contributed by atoms with van der Waals surface area (Å²) >= 11 is 0. The summed E-state index contributed by atoms with van der Waals surface area (Å²) in [7, 11) is 0. The minimum atomic E-state index is 0.412. The van der Waals surface area contributed by atoms with Gasteiger partial charge in [-0.15, -0.1) is 0 Å². The van der Waals surface area contributed by atoms with Gasteiger partial charge in [0.2, 0.25) is 0 Å². The van der Waals surface area contributed by atoms with Gasteiger partial charge in [0.1, 0.15) is 0 Å². The molecule has 0 saturated carbocycles. The number of ether oxygens (including phenoxy) is 2. The van der Waals surface area contributed by atoms with Gasteiger partial charge >= 0.3 is 0 Å². The molecule has 2 aliphatic rings. The second-order valence-electron chi connectivity index (χ2n) is 3.90. The zero-order chi connectivity index (χ0) is 7.84. The monoisotopic (exact) mass is 156 g/mol. The van der Waals surface area contributed by atoms with E-state index in [1.165, 1.54) is 0 Å². The molecule has 3 atom stereocenters. The minimum absolute atomic E-state index is 0.412. The Labute approximate surface area is 67.9 Å². The van der Waals surface area contributed by atoms with E-state index in [0.717, 1.165) is 19.6 Å². The number of rotatable bonds is 1. The van der Waals surface area contributed by atoms with Crippen LogP contribution in [0.1, 0.15) is 20.3 Å². The van der Waals surface area contributed by atoms with Crippen molar-refractivity contribution < 1.29 is 9.47 Å². The summed E-state index contributed by atoms with van der Waals surface area (Å²) in [6.45, 7) is 6.31. The average Bonchev–Trinajstić information content (AvgIpc) is 2.41. The van der Waals surface area contributed by atoms with Gasteiger partial charge in [-0.1, -0.05) is 13.8 Å². The van der Waals surface area contributed by atoms with Crippen molar-refractivity contribution in [3.05, 3.63) is 0 Å². The van der Waals surface area contributed by atoms with Crippen LogP contribution in [0.5, 0.6) is 0 Å². The minimum Gasteiger partial charge on any atom is -0.375 e. The van der Waals surface area contributed by atoms with E-state index in [2.05, 4.69) is 13.8 Å². The Hall–Kier alpha value is -0.0800. The summed E-state index contributed by atoms with van der Waals surface area (Å²) < 4.78 is 11.3. The Kier molecular flexibility index (Phi) is 1.90. The highest BCUT2D eigenvalue weighted by Crippen LogP contribution is 2.34. The van der Waals surface area contributed by atoms with E-state index in [4.69, 9.17) is 9.47 Å². The van der Waals surface area contributed by atoms with Crippen LogP contribution in [-0.2, 0) is 9.47 Å². The molecule has 0 aliphatic carbocycles. The Bertz CT molecular complexity index is 144. The highest BCUT2D eigenvalue weighted by molar-refractivity contribution is 4.89. The molecular weight excluding hydrogens is 140 g/mol. The Morgan fingerprint density at radius 2 is 2.09 bits per heavy atom. The van der Waals surface area contributed by atoms with Gasteiger partial charge in [-0.3, -0.25) is 0 Å². The summed E-state index contributed by atoms with van der Waals surface area (Å²) in [6.07, 6.45) is 1.94. The third-order valence-corrected chi connectivity index (χ3v) is 2.86. The molecule has 0 spiro atoms. The van der Waals surface area contributed by atoms with Gasteiger partial charge in [-0.25, -0.2) is 0 Å². The van der Waals surface area contributed by atoms with Gasteiger partial charge in [0.05, 0.1) is 18.8 Å². The second kappa shape index (κ2) is 2.76. The van der Waals surface area contributed by atoms with Crippen LogP contribution in [0, 0.1) is 11.8 Å². The molecule has 2 aliphatic heterocycles. The van der Waals surface area contributed by atoms with Crippen molar-refractivity contribution in [1.29, 1.82) is 0 Å². The van der Waals surface area contributed by atoms with Crippen molar-refractivity contribution in [1.82, 2.24) is 0 Å². The van der Waals surface area contributed by atoms with E-state index in [1.54, 1.807) is 0 Å². The molecule has 11 heavy (non-hydrogen) atoms.